The third-order valence-corrected chi connectivity index (χ3v) is 6.57. The van der Waals surface area contributed by atoms with Gasteiger partial charge in [0.2, 0.25) is 10.0 Å². The van der Waals surface area contributed by atoms with E-state index in [1.807, 2.05) is 0 Å². The van der Waals surface area contributed by atoms with Crippen molar-refractivity contribution in [2.75, 3.05) is 46.0 Å². The number of ether oxygens (including phenoxy) is 2. The highest BCUT2D eigenvalue weighted by Crippen LogP contribution is 2.23. The van der Waals surface area contributed by atoms with E-state index in [4.69, 9.17) is 21.1 Å². The minimum absolute atomic E-state index is 0.0531. The molecule has 2 rings (SSSR count). The molecule has 0 N–H and O–H groups in total. The van der Waals surface area contributed by atoms with Crippen LogP contribution in [0.2, 0.25) is 5.02 Å². The molecule has 1 aliphatic rings. The number of carbonyl (C=O) groups is 2. The summed E-state index contributed by atoms with van der Waals surface area (Å²) in [6.07, 6.45) is 0. The zero-order chi connectivity index (χ0) is 20.0. The fourth-order valence-corrected chi connectivity index (χ4v) is 4.32. The van der Waals surface area contributed by atoms with Gasteiger partial charge in [-0.05, 0) is 18.2 Å². The van der Waals surface area contributed by atoms with E-state index in [0.717, 1.165) is 0 Å². The summed E-state index contributed by atoms with van der Waals surface area (Å²) in [6, 6.07) is 3.85. The van der Waals surface area contributed by atoms with Crippen LogP contribution in [0.1, 0.15) is 24.2 Å². The lowest BCUT2D eigenvalue weighted by atomic mass is 10.2. The van der Waals surface area contributed by atoms with Gasteiger partial charge in [0.1, 0.15) is 0 Å². The molecule has 1 fully saturated rings. The summed E-state index contributed by atoms with van der Waals surface area (Å²) in [5.41, 5.74) is -0.0975. The first-order valence-electron chi connectivity index (χ1n) is 8.63. The average molecular weight is 419 g/mol. The Bertz CT molecular complexity index is 789. The summed E-state index contributed by atoms with van der Waals surface area (Å²) in [5, 5.41) is 0.0531. The van der Waals surface area contributed by atoms with E-state index in [-0.39, 0.29) is 21.4 Å². The molecule has 150 valence electrons. The summed E-state index contributed by atoms with van der Waals surface area (Å²) < 4.78 is 36.7. The molecule has 0 saturated carbocycles. The largest absolute Gasteiger partial charge is 0.452 e. The van der Waals surface area contributed by atoms with Gasteiger partial charge in [0.15, 0.2) is 6.61 Å². The molecule has 0 bridgehead atoms. The van der Waals surface area contributed by atoms with Gasteiger partial charge < -0.3 is 14.4 Å². The van der Waals surface area contributed by atoms with Crippen LogP contribution in [0.25, 0.3) is 0 Å². The van der Waals surface area contributed by atoms with E-state index in [2.05, 4.69) is 0 Å². The van der Waals surface area contributed by atoms with Crippen molar-refractivity contribution < 1.29 is 27.5 Å². The van der Waals surface area contributed by atoms with Gasteiger partial charge in [-0.15, -0.1) is 0 Å². The third kappa shape index (κ3) is 5.19. The molecule has 0 radical (unpaired) electrons. The highest BCUT2D eigenvalue weighted by Gasteiger charge is 2.25. The van der Waals surface area contributed by atoms with E-state index >= 15 is 0 Å². The number of morpholine rings is 1. The standard InChI is InChI=1S/C17H23ClN2O6S/c1-3-20(4-2)27(23,24)13-5-6-15(18)14(11-13)17(22)26-12-16(21)19-7-9-25-10-8-19/h5-6,11H,3-4,7-10,12H2,1-2H3. The Labute approximate surface area is 164 Å². The van der Waals surface area contributed by atoms with Crippen molar-refractivity contribution in [2.24, 2.45) is 0 Å². The molecule has 1 aliphatic heterocycles. The predicted molar refractivity (Wildman–Crippen MR) is 99.2 cm³/mol. The fraction of sp³-hybridized carbons (Fsp3) is 0.529. The third-order valence-electron chi connectivity index (χ3n) is 4.19. The maximum Gasteiger partial charge on any atom is 0.340 e. The number of benzene rings is 1. The molecule has 0 spiro atoms. The van der Waals surface area contributed by atoms with Gasteiger partial charge in [-0.1, -0.05) is 25.4 Å². The van der Waals surface area contributed by atoms with Crippen LogP contribution in [0.4, 0.5) is 0 Å². The molecular weight excluding hydrogens is 396 g/mol. The first-order valence-corrected chi connectivity index (χ1v) is 10.4. The lowest BCUT2D eigenvalue weighted by Crippen LogP contribution is -2.42. The van der Waals surface area contributed by atoms with Crippen LogP contribution in [0.3, 0.4) is 0 Å². The van der Waals surface area contributed by atoms with Crippen molar-refractivity contribution in [2.45, 2.75) is 18.7 Å². The molecule has 0 aromatic heterocycles. The number of halogens is 1. The van der Waals surface area contributed by atoms with Gasteiger partial charge >= 0.3 is 5.97 Å². The van der Waals surface area contributed by atoms with Crippen molar-refractivity contribution in [1.29, 1.82) is 0 Å². The Kier molecular flexibility index (Phi) is 7.60. The van der Waals surface area contributed by atoms with E-state index in [9.17, 15) is 18.0 Å². The Morgan fingerprint density at radius 3 is 2.44 bits per heavy atom. The van der Waals surface area contributed by atoms with Crippen LogP contribution in [0.15, 0.2) is 23.1 Å². The number of carbonyl (C=O) groups excluding carboxylic acids is 2. The highest BCUT2D eigenvalue weighted by atomic mass is 35.5. The van der Waals surface area contributed by atoms with Crippen LogP contribution in [-0.2, 0) is 24.3 Å². The van der Waals surface area contributed by atoms with Gasteiger partial charge in [-0.2, -0.15) is 4.31 Å². The number of sulfonamides is 1. The summed E-state index contributed by atoms with van der Waals surface area (Å²) in [7, 11) is -3.74. The molecule has 0 aliphatic carbocycles. The predicted octanol–water partition coefficient (Wildman–Crippen LogP) is 1.39. The molecule has 0 unspecified atom stereocenters. The average Bonchev–Trinajstić information content (AvgIpc) is 2.67. The normalized spacial score (nSPS) is 15.0. The lowest BCUT2D eigenvalue weighted by Gasteiger charge is -2.26. The second-order valence-corrected chi connectivity index (χ2v) is 8.15. The van der Waals surface area contributed by atoms with E-state index in [1.54, 1.807) is 18.7 Å². The molecule has 1 aromatic carbocycles. The molecule has 1 saturated heterocycles. The summed E-state index contributed by atoms with van der Waals surface area (Å²) >= 11 is 6.03. The summed E-state index contributed by atoms with van der Waals surface area (Å²) in [4.78, 5) is 25.9. The zero-order valence-electron chi connectivity index (χ0n) is 15.3. The van der Waals surface area contributed by atoms with Crippen molar-refractivity contribution in [3.63, 3.8) is 0 Å². The first kappa shape index (κ1) is 21.6. The number of rotatable bonds is 7. The summed E-state index contributed by atoms with van der Waals surface area (Å²) in [6.45, 7) is 5.37. The lowest BCUT2D eigenvalue weighted by molar-refractivity contribution is -0.138. The number of nitrogens with zero attached hydrogens (tertiary/aromatic N) is 2. The van der Waals surface area contributed by atoms with Crippen molar-refractivity contribution in [3.05, 3.63) is 28.8 Å². The van der Waals surface area contributed by atoms with Crippen LogP contribution in [-0.4, -0.2) is 75.5 Å². The quantitative estimate of drug-likeness (QED) is 0.621. The van der Waals surface area contributed by atoms with Crippen molar-refractivity contribution in [1.82, 2.24) is 9.21 Å². The number of esters is 1. The molecule has 1 amide bonds. The van der Waals surface area contributed by atoms with Crippen LogP contribution in [0.5, 0.6) is 0 Å². The Hall–Kier alpha value is -1.68. The molecular formula is C17H23ClN2O6S. The van der Waals surface area contributed by atoms with Crippen LogP contribution in [0, 0.1) is 0 Å². The van der Waals surface area contributed by atoms with Gasteiger partial charge in [-0.25, -0.2) is 13.2 Å². The monoisotopic (exact) mass is 418 g/mol. The second kappa shape index (κ2) is 9.50. The SMILES string of the molecule is CCN(CC)S(=O)(=O)c1ccc(Cl)c(C(=O)OCC(=O)N2CCOCC2)c1. The Balaban J connectivity index is 2.13. The van der Waals surface area contributed by atoms with Gasteiger partial charge in [0, 0.05) is 26.2 Å². The molecule has 27 heavy (non-hydrogen) atoms. The molecule has 1 heterocycles. The van der Waals surface area contributed by atoms with Crippen LogP contribution >= 0.6 is 11.6 Å². The van der Waals surface area contributed by atoms with E-state index in [1.165, 1.54) is 22.5 Å². The molecule has 10 heteroatoms. The number of hydrogen-bond acceptors (Lipinski definition) is 6. The fourth-order valence-electron chi connectivity index (χ4n) is 2.64. The maximum absolute atomic E-state index is 12.6. The van der Waals surface area contributed by atoms with Gasteiger partial charge in [0.05, 0.1) is 28.7 Å². The smallest absolute Gasteiger partial charge is 0.340 e. The topological polar surface area (TPSA) is 93.2 Å². The molecule has 1 aromatic rings. The summed E-state index contributed by atoms with van der Waals surface area (Å²) in [5.74, 6) is -1.19. The first-order chi connectivity index (χ1) is 12.8. The van der Waals surface area contributed by atoms with Gasteiger partial charge in [-0.3, -0.25) is 4.79 Å². The molecule has 8 nitrogen and oxygen atoms in total. The maximum atomic E-state index is 12.6. The van der Waals surface area contributed by atoms with Crippen LogP contribution < -0.4 is 0 Å². The minimum atomic E-state index is -3.74. The number of amides is 1. The van der Waals surface area contributed by atoms with Gasteiger partial charge in [0.25, 0.3) is 5.91 Å². The van der Waals surface area contributed by atoms with Crippen molar-refractivity contribution >= 4 is 33.5 Å². The van der Waals surface area contributed by atoms with E-state index in [0.29, 0.717) is 39.4 Å². The Morgan fingerprint density at radius 2 is 1.85 bits per heavy atom. The molecule has 0 atom stereocenters. The van der Waals surface area contributed by atoms with E-state index < -0.39 is 22.6 Å². The Morgan fingerprint density at radius 1 is 1.22 bits per heavy atom. The zero-order valence-corrected chi connectivity index (χ0v) is 16.9. The number of hydrogen-bond donors (Lipinski definition) is 0. The van der Waals surface area contributed by atoms with Crippen molar-refractivity contribution in [3.8, 4) is 0 Å². The minimum Gasteiger partial charge on any atom is -0.452 e. The highest BCUT2D eigenvalue weighted by molar-refractivity contribution is 7.89. The second-order valence-electron chi connectivity index (χ2n) is 5.80.